The average Bonchev–Trinajstić information content (AvgIpc) is 2.47. The molecule has 2 rings (SSSR count). The summed E-state index contributed by atoms with van der Waals surface area (Å²) in [7, 11) is 0. The van der Waals surface area contributed by atoms with Crippen LogP contribution in [0.2, 0.25) is 0 Å². The summed E-state index contributed by atoms with van der Waals surface area (Å²) in [6.45, 7) is 3.73. The van der Waals surface area contributed by atoms with E-state index >= 15 is 0 Å². The predicted octanol–water partition coefficient (Wildman–Crippen LogP) is 1.06. The summed E-state index contributed by atoms with van der Waals surface area (Å²) in [6, 6.07) is 0. The Hall–Kier alpha value is -0.900. The molecule has 0 heterocycles. The summed E-state index contributed by atoms with van der Waals surface area (Å²) < 4.78 is 5.00. The Morgan fingerprint density at radius 3 is 2.81 bits per heavy atom. The van der Waals surface area contributed by atoms with Crippen LogP contribution in [0.1, 0.15) is 39.5 Å². The average molecular weight is 226 g/mol. The van der Waals surface area contributed by atoms with Crippen molar-refractivity contribution in [2.24, 2.45) is 11.3 Å². The maximum atomic E-state index is 12.2. The quantitative estimate of drug-likeness (QED) is 0.565. The van der Waals surface area contributed by atoms with Gasteiger partial charge in [-0.05, 0) is 39.5 Å². The third-order valence-corrected chi connectivity index (χ3v) is 4.12. The molecule has 16 heavy (non-hydrogen) atoms. The second kappa shape index (κ2) is 3.55. The fourth-order valence-corrected chi connectivity index (χ4v) is 3.03. The maximum Gasteiger partial charge on any atom is 0.319 e. The number of ether oxygens (including phenoxy) is 1. The van der Waals surface area contributed by atoms with E-state index < -0.39 is 17.0 Å². The lowest BCUT2D eigenvalue weighted by Gasteiger charge is -2.37. The first kappa shape index (κ1) is 11.6. The van der Waals surface area contributed by atoms with Gasteiger partial charge in [-0.25, -0.2) is 0 Å². The van der Waals surface area contributed by atoms with Crippen molar-refractivity contribution in [2.75, 3.05) is 6.61 Å². The molecule has 2 bridgehead atoms. The van der Waals surface area contributed by atoms with Crippen molar-refractivity contribution in [2.45, 2.75) is 45.1 Å². The van der Waals surface area contributed by atoms with Crippen molar-refractivity contribution in [3.8, 4) is 0 Å². The molecule has 0 aromatic carbocycles. The van der Waals surface area contributed by atoms with E-state index in [1.165, 1.54) is 0 Å². The summed E-state index contributed by atoms with van der Waals surface area (Å²) in [5.74, 6) is -0.883. The van der Waals surface area contributed by atoms with E-state index in [1.54, 1.807) is 13.8 Å². The molecule has 0 spiro atoms. The van der Waals surface area contributed by atoms with Gasteiger partial charge in [-0.15, -0.1) is 0 Å². The molecule has 2 aliphatic rings. The Morgan fingerprint density at radius 2 is 2.19 bits per heavy atom. The molecular weight excluding hydrogens is 208 g/mol. The van der Waals surface area contributed by atoms with Gasteiger partial charge in [0, 0.05) is 5.92 Å². The maximum absolute atomic E-state index is 12.2. The van der Waals surface area contributed by atoms with Crippen LogP contribution >= 0.6 is 0 Å². The van der Waals surface area contributed by atoms with Gasteiger partial charge in [0.25, 0.3) is 0 Å². The molecule has 2 saturated carbocycles. The molecule has 0 aliphatic heterocycles. The number of carbonyl (C=O) groups is 2. The molecule has 0 aromatic heterocycles. The van der Waals surface area contributed by atoms with E-state index in [1.807, 2.05) is 0 Å². The van der Waals surface area contributed by atoms with E-state index in [9.17, 15) is 14.7 Å². The molecule has 2 fully saturated rings. The fraction of sp³-hybridized carbons (Fsp3) is 0.833. The van der Waals surface area contributed by atoms with Gasteiger partial charge in [0.2, 0.25) is 0 Å². The van der Waals surface area contributed by atoms with E-state index in [4.69, 9.17) is 4.74 Å². The monoisotopic (exact) mass is 226 g/mol. The second-order valence-corrected chi connectivity index (χ2v) is 5.12. The highest BCUT2D eigenvalue weighted by Crippen LogP contribution is 2.53. The van der Waals surface area contributed by atoms with Gasteiger partial charge in [0.15, 0.2) is 5.78 Å². The van der Waals surface area contributed by atoms with Crippen LogP contribution in [0.5, 0.6) is 0 Å². The third kappa shape index (κ3) is 1.39. The molecule has 0 amide bonds. The van der Waals surface area contributed by atoms with Gasteiger partial charge < -0.3 is 9.84 Å². The summed E-state index contributed by atoms with van der Waals surface area (Å²) in [4.78, 5) is 24.1. The van der Waals surface area contributed by atoms with Gasteiger partial charge in [-0.2, -0.15) is 0 Å². The van der Waals surface area contributed by atoms with E-state index in [2.05, 4.69) is 0 Å². The zero-order valence-corrected chi connectivity index (χ0v) is 9.78. The summed E-state index contributed by atoms with van der Waals surface area (Å²) in [5.41, 5.74) is -1.88. The molecular formula is C12H18O4. The van der Waals surface area contributed by atoms with Crippen molar-refractivity contribution in [3.05, 3.63) is 0 Å². The lowest BCUT2D eigenvalue weighted by Crippen LogP contribution is -2.50. The lowest BCUT2D eigenvalue weighted by atomic mass is 9.68. The highest BCUT2D eigenvalue weighted by Gasteiger charge is 2.62. The highest BCUT2D eigenvalue weighted by atomic mass is 16.5. The number of hydrogen-bond donors (Lipinski definition) is 1. The van der Waals surface area contributed by atoms with Crippen LogP contribution in [-0.2, 0) is 14.3 Å². The number of rotatable bonds is 2. The largest absolute Gasteiger partial charge is 0.465 e. The normalized spacial score (nSPS) is 42.2. The first-order valence-electron chi connectivity index (χ1n) is 5.88. The molecule has 3 unspecified atom stereocenters. The second-order valence-electron chi connectivity index (χ2n) is 5.12. The minimum atomic E-state index is -0.942. The molecule has 90 valence electrons. The number of aliphatic hydroxyl groups is 1. The Kier molecular flexibility index (Phi) is 2.57. The minimum Gasteiger partial charge on any atom is -0.465 e. The van der Waals surface area contributed by atoms with Crippen molar-refractivity contribution in [3.63, 3.8) is 0 Å². The first-order valence-corrected chi connectivity index (χ1v) is 5.88. The number of esters is 1. The van der Waals surface area contributed by atoms with Crippen LogP contribution in [0.3, 0.4) is 0 Å². The summed E-state index contributed by atoms with van der Waals surface area (Å²) in [5, 5.41) is 10.1. The van der Waals surface area contributed by atoms with Gasteiger partial charge >= 0.3 is 5.97 Å². The predicted molar refractivity (Wildman–Crippen MR) is 56.7 cm³/mol. The van der Waals surface area contributed by atoms with Crippen molar-refractivity contribution >= 4 is 11.8 Å². The van der Waals surface area contributed by atoms with E-state index in [0.29, 0.717) is 32.3 Å². The van der Waals surface area contributed by atoms with Crippen LogP contribution in [0.15, 0.2) is 0 Å². The molecule has 1 N–H and O–H groups in total. The van der Waals surface area contributed by atoms with Crippen LogP contribution in [0.4, 0.5) is 0 Å². The SMILES string of the molecule is CCOC(=O)C12CCC(C1=O)C(C)(O)CC2. The first-order chi connectivity index (χ1) is 7.44. The molecule has 0 aromatic rings. The number of Topliss-reactive ketones (excluding diaryl/α,β-unsaturated/α-hetero) is 1. The van der Waals surface area contributed by atoms with E-state index in [-0.39, 0.29) is 11.7 Å². The standard InChI is InChI=1S/C12H18O4/c1-3-16-10(14)12-5-4-8(9(12)13)11(2,15)6-7-12/h8,15H,3-7H2,1-2H3. The number of carbonyl (C=O) groups excluding carboxylic acids is 2. The van der Waals surface area contributed by atoms with Crippen molar-refractivity contribution in [1.82, 2.24) is 0 Å². The minimum absolute atomic E-state index is 0.109. The van der Waals surface area contributed by atoms with E-state index in [0.717, 1.165) is 0 Å². The molecule has 0 saturated heterocycles. The smallest absolute Gasteiger partial charge is 0.319 e. The molecule has 0 radical (unpaired) electrons. The summed E-state index contributed by atoms with van der Waals surface area (Å²) in [6.07, 6.45) is 2.06. The van der Waals surface area contributed by atoms with Crippen LogP contribution in [0.25, 0.3) is 0 Å². The Balaban J connectivity index is 2.27. The van der Waals surface area contributed by atoms with Gasteiger partial charge in [0.05, 0.1) is 12.2 Å². The topological polar surface area (TPSA) is 63.6 Å². The van der Waals surface area contributed by atoms with Gasteiger partial charge in [-0.1, -0.05) is 0 Å². The zero-order valence-electron chi connectivity index (χ0n) is 9.78. The Labute approximate surface area is 95.0 Å². The van der Waals surface area contributed by atoms with Crippen molar-refractivity contribution in [1.29, 1.82) is 0 Å². The fourth-order valence-electron chi connectivity index (χ4n) is 3.03. The molecule has 3 atom stereocenters. The lowest BCUT2D eigenvalue weighted by molar-refractivity contribution is -0.165. The van der Waals surface area contributed by atoms with Crippen LogP contribution in [-0.4, -0.2) is 29.1 Å². The van der Waals surface area contributed by atoms with Gasteiger partial charge in [0.1, 0.15) is 5.41 Å². The van der Waals surface area contributed by atoms with Gasteiger partial charge in [-0.3, -0.25) is 9.59 Å². The van der Waals surface area contributed by atoms with Crippen LogP contribution < -0.4 is 0 Å². The number of ketones is 1. The van der Waals surface area contributed by atoms with Crippen LogP contribution in [0, 0.1) is 11.3 Å². The number of fused-ring (bicyclic) bond motifs is 2. The molecule has 4 heteroatoms. The Bertz CT molecular complexity index is 334. The Morgan fingerprint density at radius 1 is 1.50 bits per heavy atom. The highest BCUT2D eigenvalue weighted by molar-refractivity contribution is 6.07. The van der Waals surface area contributed by atoms with Crippen molar-refractivity contribution < 1.29 is 19.4 Å². The molecule has 4 nitrogen and oxygen atoms in total. The number of hydrogen-bond acceptors (Lipinski definition) is 4. The third-order valence-electron chi connectivity index (χ3n) is 4.12. The molecule has 2 aliphatic carbocycles. The summed E-state index contributed by atoms with van der Waals surface area (Å²) >= 11 is 0. The zero-order chi connectivity index (χ0) is 12.0.